The Labute approximate surface area is 188 Å². The van der Waals surface area contributed by atoms with Crippen molar-refractivity contribution < 1.29 is 19.1 Å². The number of carbonyl (C=O) groups excluding carboxylic acids is 2. The summed E-state index contributed by atoms with van der Waals surface area (Å²) < 4.78 is 11.1. The van der Waals surface area contributed by atoms with Gasteiger partial charge in [0.15, 0.2) is 0 Å². The van der Waals surface area contributed by atoms with E-state index >= 15 is 0 Å². The SMILES string of the molecule is CCCC(=O)OC1CCc2cc(NC(=O)c3ccc(C(N)=NCC)cc3)ccc2O1.Cl. The zero-order chi connectivity index (χ0) is 21.5. The van der Waals surface area contributed by atoms with E-state index in [-0.39, 0.29) is 24.3 Å². The fraction of sp³-hybridized carbons (Fsp3) is 0.348. The van der Waals surface area contributed by atoms with Crippen molar-refractivity contribution in [2.24, 2.45) is 10.7 Å². The minimum Gasteiger partial charge on any atom is -0.454 e. The summed E-state index contributed by atoms with van der Waals surface area (Å²) in [5, 5.41) is 2.90. The topological polar surface area (TPSA) is 103 Å². The second kappa shape index (κ2) is 11.4. The van der Waals surface area contributed by atoms with Crippen molar-refractivity contribution in [3.8, 4) is 5.75 Å². The van der Waals surface area contributed by atoms with Crippen molar-refractivity contribution in [1.29, 1.82) is 0 Å². The van der Waals surface area contributed by atoms with Gasteiger partial charge in [-0.2, -0.15) is 0 Å². The molecule has 0 saturated carbocycles. The van der Waals surface area contributed by atoms with Crippen molar-refractivity contribution in [1.82, 2.24) is 0 Å². The summed E-state index contributed by atoms with van der Waals surface area (Å²) in [6.07, 6.45) is 1.86. The van der Waals surface area contributed by atoms with Crippen molar-refractivity contribution in [3.63, 3.8) is 0 Å². The lowest BCUT2D eigenvalue weighted by molar-refractivity contribution is -0.165. The number of esters is 1. The zero-order valence-electron chi connectivity index (χ0n) is 17.7. The average Bonchev–Trinajstić information content (AvgIpc) is 2.74. The molecular weight excluding hydrogens is 418 g/mol. The highest BCUT2D eigenvalue weighted by Crippen LogP contribution is 2.30. The lowest BCUT2D eigenvalue weighted by Crippen LogP contribution is -2.28. The van der Waals surface area contributed by atoms with Crippen LogP contribution in [0.5, 0.6) is 5.75 Å². The molecule has 0 spiro atoms. The fourth-order valence-corrected chi connectivity index (χ4v) is 3.19. The Balaban J connectivity index is 0.00000341. The number of aliphatic imine (C=N–C) groups is 1. The Morgan fingerprint density at radius 2 is 1.87 bits per heavy atom. The first kappa shape index (κ1) is 24.2. The Hall–Kier alpha value is -3.06. The van der Waals surface area contributed by atoms with Gasteiger partial charge >= 0.3 is 5.97 Å². The molecule has 7 nitrogen and oxygen atoms in total. The molecule has 1 atom stereocenters. The van der Waals surface area contributed by atoms with Gasteiger partial charge in [0.2, 0.25) is 6.29 Å². The summed E-state index contributed by atoms with van der Waals surface area (Å²) in [5.74, 6) is 0.667. The predicted molar refractivity (Wildman–Crippen MR) is 123 cm³/mol. The van der Waals surface area contributed by atoms with E-state index in [1.165, 1.54) is 0 Å². The Bertz CT molecular complexity index is 944. The Morgan fingerprint density at radius 1 is 1.16 bits per heavy atom. The van der Waals surface area contributed by atoms with Gasteiger partial charge in [0.05, 0.1) is 0 Å². The van der Waals surface area contributed by atoms with Crippen LogP contribution in [-0.4, -0.2) is 30.5 Å². The van der Waals surface area contributed by atoms with E-state index in [1.54, 1.807) is 36.4 Å². The molecule has 3 rings (SSSR count). The molecule has 0 aromatic heterocycles. The van der Waals surface area contributed by atoms with Gasteiger partial charge in [-0.1, -0.05) is 19.1 Å². The fourth-order valence-electron chi connectivity index (χ4n) is 3.19. The van der Waals surface area contributed by atoms with E-state index in [2.05, 4.69) is 10.3 Å². The molecule has 1 aliphatic heterocycles. The highest BCUT2D eigenvalue weighted by Gasteiger charge is 2.23. The molecule has 0 bridgehead atoms. The number of nitrogens with one attached hydrogen (secondary N) is 1. The van der Waals surface area contributed by atoms with Crippen LogP contribution in [0.4, 0.5) is 5.69 Å². The highest BCUT2D eigenvalue weighted by molar-refractivity contribution is 6.05. The normalized spacial score (nSPS) is 15.2. The molecule has 2 aromatic rings. The third-order valence-electron chi connectivity index (χ3n) is 4.71. The van der Waals surface area contributed by atoms with Gasteiger partial charge in [-0.3, -0.25) is 14.6 Å². The van der Waals surface area contributed by atoms with Crippen molar-refractivity contribution in [2.75, 3.05) is 11.9 Å². The number of rotatable bonds is 7. The number of nitrogens with two attached hydrogens (primary N) is 1. The number of ether oxygens (including phenoxy) is 2. The average molecular weight is 446 g/mol. The Kier molecular flexibility index (Phi) is 8.88. The molecule has 2 aromatic carbocycles. The molecular formula is C23H28ClN3O4. The number of fused-ring (bicyclic) bond motifs is 1. The molecule has 166 valence electrons. The second-order valence-electron chi connectivity index (χ2n) is 7.04. The molecule has 1 amide bonds. The minimum absolute atomic E-state index is 0. The molecule has 31 heavy (non-hydrogen) atoms. The van der Waals surface area contributed by atoms with Gasteiger partial charge in [-0.25, -0.2) is 0 Å². The van der Waals surface area contributed by atoms with Crippen molar-refractivity contribution in [3.05, 3.63) is 59.2 Å². The first-order chi connectivity index (χ1) is 14.5. The van der Waals surface area contributed by atoms with Gasteiger partial charge < -0.3 is 20.5 Å². The molecule has 0 aliphatic carbocycles. The van der Waals surface area contributed by atoms with Crippen molar-refractivity contribution >= 4 is 35.8 Å². The van der Waals surface area contributed by atoms with Crippen molar-refractivity contribution in [2.45, 2.75) is 45.8 Å². The van der Waals surface area contributed by atoms with E-state index in [4.69, 9.17) is 15.2 Å². The number of hydrogen-bond donors (Lipinski definition) is 2. The largest absolute Gasteiger partial charge is 0.454 e. The maximum absolute atomic E-state index is 12.6. The third kappa shape index (κ3) is 6.46. The van der Waals surface area contributed by atoms with Crippen LogP contribution in [0.15, 0.2) is 47.5 Å². The van der Waals surface area contributed by atoms with Gasteiger partial charge in [0.1, 0.15) is 11.6 Å². The number of hydrogen-bond acceptors (Lipinski definition) is 5. The molecule has 1 unspecified atom stereocenters. The summed E-state index contributed by atoms with van der Waals surface area (Å²) in [5.41, 5.74) is 8.84. The van der Waals surface area contributed by atoms with Crippen LogP contribution in [-0.2, 0) is 16.0 Å². The minimum atomic E-state index is -0.556. The summed E-state index contributed by atoms with van der Waals surface area (Å²) in [6.45, 7) is 4.45. The quantitative estimate of drug-likeness (QED) is 0.379. The number of halogens is 1. The van der Waals surface area contributed by atoms with Crippen LogP contribution in [0.1, 0.15) is 54.6 Å². The van der Waals surface area contributed by atoms with E-state index in [0.717, 1.165) is 17.5 Å². The lowest BCUT2D eigenvalue weighted by Gasteiger charge is -2.26. The molecule has 0 radical (unpaired) electrons. The van der Waals surface area contributed by atoms with Gasteiger partial charge in [0.25, 0.3) is 5.91 Å². The maximum Gasteiger partial charge on any atom is 0.308 e. The highest BCUT2D eigenvalue weighted by atomic mass is 35.5. The van der Waals surface area contributed by atoms with Gasteiger partial charge in [0, 0.05) is 36.2 Å². The molecule has 0 saturated heterocycles. The lowest BCUT2D eigenvalue weighted by atomic mass is 10.0. The number of amidine groups is 1. The molecule has 8 heteroatoms. The Morgan fingerprint density at radius 3 is 2.55 bits per heavy atom. The van der Waals surface area contributed by atoms with E-state index in [0.29, 0.717) is 48.6 Å². The summed E-state index contributed by atoms with van der Waals surface area (Å²) in [6, 6.07) is 12.5. The molecule has 3 N–H and O–H groups in total. The third-order valence-corrected chi connectivity index (χ3v) is 4.71. The van der Waals surface area contributed by atoms with Crippen LogP contribution >= 0.6 is 12.4 Å². The smallest absolute Gasteiger partial charge is 0.308 e. The molecule has 0 fully saturated rings. The number of benzene rings is 2. The van der Waals surface area contributed by atoms with E-state index < -0.39 is 6.29 Å². The van der Waals surface area contributed by atoms with Gasteiger partial charge in [-0.05, 0) is 55.7 Å². The number of nitrogens with zero attached hydrogens (tertiary/aromatic N) is 1. The maximum atomic E-state index is 12.6. The number of amides is 1. The van der Waals surface area contributed by atoms with Crippen LogP contribution in [0.2, 0.25) is 0 Å². The summed E-state index contributed by atoms with van der Waals surface area (Å²) in [7, 11) is 0. The molecule has 1 heterocycles. The van der Waals surface area contributed by atoms with Crippen LogP contribution in [0.3, 0.4) is 0 Å². The number of anilines is 1. The van der Waals surface area contributed by atoms with E-state index in [1.807, 2.05) is 19.9 Å². The summed E-state index contributed by atoms with van der Waals surface area (Å²) >= 11 is 0. The monoisotopic (exact) mass is 445 g/mol. The van der Waals surface area contributed by atoms with Gasteiger partial charge in [-0.15, -0.1) is 12.4 Å². The first-order valence-corrected chi connectivity index (χ1v) is 10.2. The van der Waals surface area contributed by atoms with E-state index in [9.17, 15) is 9.59 Å². The first-order valence-electron chi connectivity index (χ1n) is 10.2. The number of carbonyl (C=O) groups is 2. The second-order valence-corrected chi connectivity index (χ2v) is 7.04. The summed E-state index contributed by atoms with van der Waals surface area (Å²) in [4.78, 5) is 28.4. The molecule has 1 aliphatic rings. The zero-order valence-corrected chi connectivity index (χ0v) is 18.5. The number of aryl methyl sites for hydroxylation is 1. The standard InChI is InChI=1S/C23H27N3O4.ClH/c1-3-5-20(27)30-21-13-10-17-14-18(11-12-19(17)29-21)26-23(28)16-8-6-15(7-9-16)22(24)25-4-2;/h6-9,11-12,14,21H,3-5,10,13H2,1-2H3,(H2,24,25)(H,26,28);1H. The predicted octanol–water partition coefficient (Wildman–Crippen LogP) is 4.08. The van der Waals surface area contributed by atoms with Crippen LogP contribution < -0.4 is 15.8 Å². The van der Waals surface area contributed by atoms with Crippen LogP contribution in [0, 0.1) is 0 Å². The van der Waals surface area contributed by atoms with Crippen LogP contribution in [0.25, 0.3) is 0 Å².